The van der Waals surface area contributed by atoms with Crippen molar-refractivity contribution in [2.45, 2.75) is 38.8 Å². The van der Waals surface area contributed by atoms with Crippen LogP contribution in [0.4, 0.5) is 0 Å². The standard InChI is InChI=1S/C13H21NO/c1-10(9-15)14-12(3)11(2)13-7-5-4-6-8-13/h4-8,10-12,14-15H,9H2,1-3H3/t10-,11?,12?/m1/s1. The molecule has 0 aliphatic heterocycles. The highest BCUT2D eigenvalue weighted by Crippen LogP contribution is 2.18. The number of hydrogen-bond acceptors (Lipinski definition) is 2. The lowest BCUT2D eigenvalue weighted by Crippen LogP contribution is -2.39. The minimum atomic E-state index is 0.158. The third kappa shape index (κ3) is 3.65. The van der Waals surface area contributed by atoms with Gasteiger partial charge in [0.15, 0.2) is 0 Å². The number of aliphatic hydroxyl groups excluding tert-OH is 1. The molecule has 2 nitrogen and oxygen atoms in total. The second-order valence-electron chi connectivity index (χ2n) is 4.24. The highest BCUT2D eigenvalue weighted by atomic mass is 16.3. The molecule has 0 bridgehead atoms. The van der Waals surface area contributed by atoms with Crippen molar-refractivity contribution in [1.82, 2.24) is 5.32 Å². The molecule has 0 saturated heterocycles. The van der Waals surface area contributed by atoms with Crippen molar-refractivity contribution in [2.24, 2.45) is 0 Å². The monoisotopic (exact) mass is 207 g/mol. The maximum absolute atomic E-state index is 8.97. The fourth-order valence-corrected chi connectivity index (χ4v) is 1.69. The summed E-state index contributed by atoms with van der Waals surface area (Å²) in [4.78, 5) is 0. The van der Waals surface area contributed by atoms with Gasteiger partial charge in [-0.25, -0.2) is 0 Å². The number of benzene rings is 1. The smallest absolute Gasteiger partial charge is 0.0582 e. The van der Waals surface area contributed by atoms with Gasteiger partial charge in [0.05, 0.1) is 6.61 Å². The van der Waals surface area contributed by atoms with E-state index in [1.807, 2.05) is 13.0 Å². The molecule has 3 atom stereocenters. The summed E-state index contributed by atoms with van der Waals surface area (Å²) in [6.45, 7) is 6.54. The van der Waals surface area contributed by atoms with Gasteiger partial charge in [0, 0.05) is 12.1 Å². The van der Waals surface area contributed by atoms with Crippen molar-refractivity contribution in [3.8, 4) is 0 Å². The van der Waals surface area contributed by atoms with E-state index in [1.54, 1.807) is 0 Å². The molecular formula is C13H21NO. The molecule has 0 saturated carbocycles. The second kappa shape index (κ2) is 5.89. The lowest BCUT2D eigenvalue weighted by Gasteiger charge is -2.24. The molecule has 0 aliphatic rings. The van der Waals surface area contributed by atoms with Gasteiger partial charge in [-0.2, -0.15) is 0 Å². The summed E-state index contributed by atoms with van der Waals surface area (Å²) >= 11 is 0. The lowest BCUT2D eigenvalue weighted by atomic mass is 9.94. The van der Waals surface area contributed by atoms with Crippen LogP contribution in [0.2, 0.25) is 0 Å². The van der Waals surface area contributed by atoms with Gasteiger partial charge >= 0.3 is 0 Å². The number of rotatable bonds is 5. The van der Waals surface area contributed by atoms with Gasteiger partial charge in [0.25, 0.3) is 0 Å². The Hall–Kier alpha value is -0.860. The Bertz CT molecular complexity index is 273. The Morgan fingerprint density at radius 2 is 1.73 bits per heavy atom. The van der Waals surface area contributed by atoms with E-state index in [9.17, 15) is 0 Å². The van der Waals surface area contributed by atoms with Crippen LogP contribution < -0.4 is 5.32 Å². The summed E-state index contributed by atoms with van der Waals surface area (Å²) in [5.41, 5.74) is 1.34. The summed E-state index contributed by atoms with van der Waals surface area (Å²) in [5.74, 6) is 0.459. The molecule has 2 unspecified atom stereocenters. The maximum Gasteiger partial charge on any atom is 0.0582 e. The minimum Gasteiger partial charge on any atom is -0.395 e. The molecule has 15 heavy (non-hydrogen) atoms. The summed E-state index contributed by atoms with van der Waals surface area (Å²) in [6.07, 6.45) is 0. The first-order valence-electron chi connectivity index (χ1n) is 5.57. The second-order valence-corrected chi connectivity index (χ2v) is 4.24. The average molecular weight is 207 g/mol. The third-order valence-electron chi connectivity index (χ3n) is 2.90. The van der Waals surface area contributed by atoms with Gasteiger partial charge in [-0.3, -0.25) is 0 Å². The first-order valence-corrected chi connectivity index (χ1v) is 5.57. The zero-order valence-electron chi connectivity index (χ0n) is 9.77. The summed E-state index contributed by atoms with van der Waals surface area (Å²) in [7, 11) is 0. The topological polar surface area (TPSA) is 32.3 Å². The van der Waals surface area contributed by atoms with Crippen LogP contribution in [-0.4, -0.2) is 23.8 Å². The fraction of sp³-hybridized carbons (Fsp3) is 0.538. The van der Waals surface area contributed by atoms with Crippen LogP contribution in [0.1, 0.15) is 32.3 Å². The molecule has 0 heterocycles. The van der Waals surface area contributed by atoms with Gasteiger partial charge in [-0.05, 0) is 25.3 Å². The van der Waals surface area contributed by atoms with Crippen molar-refractivity contribution >= 4 is 0 Å². The summed E-state index contributed by atoms with van der Waals surface area (Å²) < 4.78 is 0. The van der Waals surface area contributed by atoms with Gasteiger partial charge in [-0.15, -0.1) is 0 Å². The molecule has 0 aliphatic carbocycles. The molecule has 1 aromatic rings. The van der Waals surface area contributed by atoms with Crippen LogP contribution in [0.15, 0.2) is 30.3 Å². The van der Waals surface area contributed by atoms with E-state index in [0.29, 0.717) is 12.0 Å². The van der Waals surface area contributed by atoms with Gasteiger partial charge in [0.2, 0.25) is 0 Å². The molecule has 2 N–H and O–H groups in total. The maximum atomic E-state index is 8.97. The average Bonchev–Trinajstić information content (AvgIpc) is 2.29. The molecule has 0 spiro atoms. The zero-order valence-corrected chi connectivity index (χ0v) is 9.77. The first kappa shape index (κ1) is 12.2. The van der Waals surface area contributed by atoms with Crippen LogP contribution >= 0.6 is 0 Å². The number of nitrogens with one attached hydrogen (secondary N) is 1. The number of aliphatic hydroxyl groups is 1. The zero-order chi connectivity index (χ0) is 11.3. The molecular weight excluding hydrogens is 186 g/mol. The van der Waals surface area contributed by atoms with E-state index in [2.05, 4.69) is 43.4 Å². The predicted octanol–water partition coefficient (Wildman–Crippen LogP) is 2.15. The van der Waals surface area contributed by atoms with Crippen LogP contribution in [0.25, 0.3) is 0 Å². The van der Waals surface area contributed by atoms with Gasteiger partial charge in [-0.1, -0.05) is 37.3 Å². The highest BCUT2D eigenvalue weighted by molar-refractivity contribution is 5.20. The molecule has 84 valence electrons. The Morgan fingerprint density at radius 3 is 2.27 bits per heavy atom. The molecule has 1 aromatic carbocycles. The molecule has 0 amide bonds. The van der Waals surface area contributed by atoms with E-state index >= 15 is 0 Å². The SMILES string of the molecule is CC(N[C@H](C)CO)C(C)c1ccccc1. The third-order valence-corrected chi connectivity index (χ3v) is 2.90. The molecule has 0 radical (unpaired) electrons. The van der Waals surface area contributed by atoms with Crippen molar-refractivity contribution < 1.29 is 5.11 Å². The first-order chi connectivity index (χ1) is 7.15. The van der Waals surface area contributed by atoms with Gasteiger partial charge in [0.1, 0.15) is 0 Å². The van der Waals surface area contributed by atoms with E-state index in [0.717, 1.165) is 0 Å². The molecule has 0 fully saturated rings. The van der Waals surface area contributed by atoms with Crippen molar-refractivity contribution in [3.63, 3.8) is 0 Å². The summed E-state index contributed by atoms with van der Waals surface area (Å²) in [6, 6.07) is 11.0. The van der Waals surface area contributed by atoms with Gasteiger partial charge < -0.3 is 10.4 Å². The molecule has 0 aromatic heterocycles. The van der Waals surface area contributed by atoms with Crippen molar-refractivity contribution in [1.29, 1.82) is 0 Å². The molecule has 2 heteroatoms. The Balaban J connectivity index is 2.57. The largest absolute Gasteiger partial charge is 0.395 e. The normalized spacial score (nSPS) is 17.1. The van der Waals surface area contributed by atoms with E-state index < -0.39 is 0 Å². The molecule has 1 rings (SSSR count). The van der Waals surface area contributed by atoms with Crippen LogP contribution in [0.5, 0.6) is 0 Å². The van der Waals surface area contributed by atoms with Crippen LogP contribution in [0.3, 0.4) is 0 Å². The van der Waals surface area contributed by atoms with Crippen molar-refractivity contribution in [3.05, 3.63) is 35.9 Å². The highest BCUT2D eigenvalue weighted by Gasteiger charge is 2.15. The predicted molar refractivity (Wildman–Crippen MR) is 64.0 cm³/mol. The van der Waals surface area contributed by atoms with Crippen LogP contribution in [0, 0.1) is 0 Å². The minimum absolute atomic E-state index is 0.158. The number of hydrogen-bond donors (Lipinski definition) is 2. The van der Waals surface area contributed by atoms with E-state index in [-0.39, 0.29) is 12.6 Å². The Morgan fingerprint density at radius 1 is 1.13 bits per heavy atom. The lowest BCUT2D eigenvalue weighted by molar-refractivity contribution is 0.238. The van der Waals surface area contributed by atoms with E-state index in [1.165, 1.54) is 5.56 Å². The summed E-state index contributed by atoms with van der Waals surface area (Å²) in [5, 5.41) is 12.4. The Labute approximate surface area is 92.3 Å². The van der Waals surface area contributed by atoms with E-state index in [4.69, 9.17) is 5.11 Å². The van der Waals surface area contributed by atoms with Crippen LogP contribution in [-0.2, 0) is 0 Å². The Kier molecular flexibility index (Phi) is 4.79. The quantitative estimate of drug-likeness (QED) is 0.775. The fourth-order valence-electron chi connectivity index (χ4n) is 1.69. The van der Waals surface area contributed by atoms with Crippen molar-refractivity contribution in [2.75, 3.05) is 6.61 Å².